The zero-order valence-corrected chi connectivity index (χ0v) is 12.0. The molecule has 20 heavy (non-hydrogen) atoms. The van der Waals surface area contributed by atoms with E-state index in [1.807, 2.05) is 6.92 Å². The first kappa shape index (κ1) is 15.1. The van der Waals surface area contributed by atoms with E-state index in [4.69, 9.17) is 4.74 Å². The average Bonchev–Trinajstić information content (AvgIpc) is 2.45. The lowest BCUT2D eigenvalue weighted by Crippen LogP contribution is -2.56. The van der Waals surface area contributed by atoms with Gasteiger partial charge in [-0.15, -0.1) is 0 Å². The van der Waals surface area contributed by atoms with Gasteiger partial charge in [-0.25, -0.2) is 9.59 Å². The lowest BCUT2D eigenvalue weighted by atomic mass is 9.84. The molecule has 2 atom stereocenters. The van der Waals surface area contributed by atoms with E-state index in [1.54, 1.807) is 4.90 Å². The molecule has 2 aliphatic rings. The van der Waals surface area contributed by atoms with Crippen LogP contribution in [0.4, 0.5) is 4.79 Å². The monoisotopic (exact) mass is 284 g/mol. The highest BCUT2D eigenvalue weighted by atomic mass is 16.5. The quantitative estimate of drug-likeness (QED) is 0.822. The molecule has 0 spiro atoms. The summed E-state index contributed by atoms with van der Waals surface area (Å²) >= 11 is 0. The Bertz CT molecular complexity index is 355. The van der Waals surface area contributed by atoms with Gasteiger partial charge in [0.1, 0.15) is 6.04 Å². The number of aliphatic carboxylic acids is 1. The van der Waals surface area contributed by atoms with Gasteiger partial charge in [0.15, 0.2) is 0 Å². The summed E-state index contributed by atoms with van der Waals surface area (Å²) in [6.45, 7) is 3.45. The van der Waals surface area contributed by atoms with Crippen molar-refractivity contribution in [2.45, 2.75) is 51.1 Å². The smallest absolute Gasteiger partial charge is 0.326 e. The van der Waals surface area contributed by atoms with Gasteiger partial charge in [-0.2, -0.15) is 0 Å². The third kappa shape index (κ3) is 3.62. The van der Waals surface area contributed by atoms with Crippen LogP contribution in [0.5, 0.6) is 0 Å². The molecule has 0 aromatic carbocycles. The van der Waals surface area contributed by atoms with Crippen LogP contribution < -0.4 is 5.32 Å². The number of hydrogen-bond acceptors (Lipinski definition) is 3. The molecule has 1 saturated carbocycles. The van der Waals surface area contributed by atoms with Gasteiger partial charge in [-0.1, -0.05) is 19.3 Å². The molecule has 1 saturated heterocycles. The van der Waals surface area contributed by atoms with Crippen LogP contribution in [-0.2, 0) is 9.53 Å². The van der Waals surface area contributed by atoms with E-state index in [1.165, 1.54) is 0 Å². The number of hydrogen-bond donors (Lipinski definition) is 2. The van der Waals surface area contributed by atoms with Crippen molar-refractivity contribution in [1.29, 1.82) is 0 Å². The Morgan fingerprint density at radius 1 is 1.30 bits per heavy atom. The lowest BCUT2D eigenvalue weighted by Gasteiger charge is -2.35. The number of amides is 2. The minimum atomic E-state index is -0.925. The molecule has 2 fully saturated rings. The molecule has 0 aromatic heterocycles. The maximum Gasteiger partial charge on any atom is 0.326 e. The van der Waals surface area contributed by atoms with Gasteiger partial charge in [0.25, 0.3) is 0 Å². The van der Waals surface area contributed by atoms with Crippen LogP contribution >= 0.6 is 0 Å². The van der Waals surface area contributed by atoms with Gasteiger partial charge in [-0.05, 0) is 25.7 Å². The summed E-state index contributed by atoms with van der Waals surface area (Å²) < 4.78 is 5.29. The minimum absolute atomic E-state index is 0.00968. The average molecular weight is 284 g/mol. The fourth-order valence-corrected chi connectivity index (χ4v) is 3.09. The molecule has 1 aliphatic heterocycles. The Hall–Kier alpha value is -1.30. The van der Waals surface area contributed by atoms with Crippen molar-refractivity contribution in [3.05, 3.63) is 0 Å². The zero-order chi connectivity index (χ0) is 14.5. The molecule has 2 amide bonds. The summed E-state index contributed by atoms with van der Waals surface area (Å²) in [7, 11) is 0. The number of rotatable bonds is 3. The van der Waals surface area contributed by atoms with E-state index in [2.05, 4.69) is 5.32 Å². The fraction of sp³-hybridized carbons (Fsp3) is 0.857. The summed E-state index contributed by atoms with van der Waals surface area (Å²) in [5.41, 5.74) is 0. The second-order valence-corrected chi connectivity index (χ2v) is 5.78. The molecule has 0 aromatic rings. The first-order chi connectivity index (χ1) is 9.59. The van der Waals surface area contributed by atoms with Crippen LogP contribution in [0.3, 0.4) is 0 Å². The molecule has 0 radical (unpaired) electrons. The SMILES string of the molecule is CC1COCCN1C(=O)NC(C(=O)O)C1CCCCC1. The van der Waals surface area contributed by atoms with Crippen molar-refractivity contribution >= 4 is 12.0 Å². The molecule has 6 heteroatoms. The lowest BCUT2D eigenvalue weighted by molar-refractivity contribution is -0.141. The van der Waals surface area contributed by atoms with Gasteiger partial charge < -0.3 is 20.1 Å². The van der Waals surface area contributed by atoms with E-state index in [9.17, 15) is 14.7 Å². The number of nitrogens with zero attached hydrogens (tertiary/aromatic N) is 1. The minimum Gasteiger partial charge on any atom is -0.480 e. The zero-order valence-electron chi connectivity index (χ0n) is 12.0. The summed E-state index contributed by atoms with van der Waals surface area (Å²) in [6.07, 6.45) is 5.04. The van der Waals surface area contributed by atoms with Crippen molar-refractivity contribution in [3.63, 3.8) is 0 Å². The van der Waals surface area contributed by atoms with E-state index in [0.717, 1.165) is 32.1 Å². The maximum absolute atomic E-state index is 12.3. The number of carbonyl (C=O) groups is 2. The van der Waals surface area contributed by atoms with E-state index < -0.39 is 12.0 Å². The third-order valence-electron chi connectivity index (χ3n) is 4.29. The van der Waals surface area contributed by atoms with E-state index in [0.29, 0.717) is 19.8 Å². The first-order valence-electron chi connectivity index (χ1n) is 7.47. The summed E-state index contributed by atoms with van der Waals surface area (Å²) in [6, 6.07) is -1.05. The molecular formula is C14H24N2O4. The highest BCUT2D eigenvalue weighted by Crippen LogP contribution is 2.26. The number of carboxylic acid groups (broad SMARTS) is 1. The van der Waals surface area contributed by atoms with Crippen molar-refractivity contribution in [2.24, 2.45) is 5.92 Å². The van der Waals surface area contributed by atoms with Crippen LogP contribution in [0.15, 0.2) is 0 Å². The fourth-order valence-electron chi connectivity index (χ4n) is 3.09. The first-order valence-corrected chi connectivity index (χ1v) is 7.47. The Kier molecular flexibility index (Phi) is 5.23. The van der Waals surface area contributed by atoms with Crippen molar-refractivity contribution in [1.82, 2.24) is 10.2 Å². The standard InChI is InChI=1S/C14H24N2O4/c1-10-9-20-8-7-16(10)14(19)15-12(13(17)18)11-5-3-2-4-6-11/h10-12H,2-9H2,1H3,(H,15,19)(H,17,18). The number of carboxylic acids is 1. The summed E-state index contributed by atoms with van der Waals surface area (Å²) in [5.74, 6) is -0.868. The third-order valence-corrected chi connectivity index (χ3v) is 4.29. The molecular weight excluding hydrogens is 260 g/mol. The van der Waals surface area contributed by atoms with Crippen LogP contribution in [-0.4, -0.2) is 53.8 Å². The summed E-state index contributed by atoms with van der Waals surface area (Å²) in [5, 5.41) is 12.1. The predicted molar refractivity (Wildman–Crippen MR) is 73.5 cm³/mol. The van der Waals surface area contributed by atoms with Crippen molar-refractivity contribution < 1.29 is 19.4 Å². The molecule has 0 bridgehead atoms. The summed E-state index contributed by atoms with van der Waals surface area (Å²) in [4.78, 5) is 25.4. The molecule has 2 unspecified atom stereocenters. The largest absolute Gasteiger partial charge is 0.480 e. The molecule has 2 N–H and O–H groups in total. The Morgan fingerprint density at radius 3 is 2.60 bits per heavy atom. The normalized spacial score (nSPS) is 26.1. The number of ether oxygens (including phenoxy) is 1. The number of urea groups is 1. The molecule has 1 heterocycles. The van der Waals surface area contributed by atoms with Crippen LogP contribution in [0.1, 0.15) is 39.0 Å². The Morgan fingerprint density at radius 2 is 2.00 bits per heavy atom. The second kappa shape index (κ2) is 6.92. The van der Waals surface area contributed by atoms with E-state index in [-0.39, 0.29) is 18.0 Å². The van der Waals surface area contributed by atoms with Gasteiger partial charge in [0, 0.05) is 6.54 Å². The number of carbonyl (C=O) groups excluding carboxylic acids is 1. The highest BCUT2D eigenvalue weighted by molar-refractivity contribution is 5.83. The second-order valence-electron chi connectivity index (χ2n) is 5.78. The van der Waals surface area contributed by atoms with Crippen LogP contribution in [0, 0.1) is 5.92 Å². The molecule has 114 valence electrons. The van der Waals surface area contributed by atoms with Crippen LogP contribution in [0.2, 0.25) is 0 Å². The van der Waals surface area contributed by atoms with Gasteiger partial charge in [-0.3, -0.25) is 0 Å². The Balaban J connectivity index is 1.96. The van der Waals surface area contributed by atoms with Crippen molar-refractivity contribution in [3.8, 4) is 0 Å². The van der Waals surface area contributed by atoms with E-state index >= 15 is 0 Å². The molecule has 1 aliphatic carbocycles. The van der Waals surface area contributed by atoms with Gasteiger partial charge >= 0.3 is 12.0 Å². The van der Waals surface area contributed by atoms with Gasteiger partial charge in [0.05, 0.1) is 19.3 Å². The molecule has 6 nitrogen and oxygen atoms in total. The molecule has 2 rings (SSSR count). The highest BCUT2D eigenvalue weighted by Gasteiger charge is 2.33. The Labute approximate surface area is 119 Å². The van der Waals surface area contributed by atoms with Crippen LogP contribution in [0.25, 0.3) is 0 Å². The number of nitrogens with one attached hydrogen (secondary N) is 1. The van der Waals surface area contributed by atoms with Crippen molar-refractivity contribution in [2.75, 3.05) is 19.8 Å². The van der Waals surface area contributed by atoms with Gasteiger partial charge in [0.2, 0.25) is 0 Å². The number of morpholine rings is 1. The maximum atomic E-state index is 12.3. The topological polar surface area (TPSA) is 78.9 Å². The predicted octanol–water partition coefficient (Wildman–Crippen LogP) is 1.45.